The van der Waals surface area contributed by atoms with E-state index in [1.165, 1.54) is 5.56 Å². The van der Waals surface area contributed by atoms with Gasteiger partial charge in [0.2, 0.25) is 0 Å². The number of ether oxygens (including phenoxy) is 1. The second-order valence-electron chi connectivity index (χ2n) is 3.89. The van der Waals surface area contributed by atoms with Crippen LogP contribution in [0.25, 0.3) is 0 Å². The number of hydrogen-bond donors (Lipinski definition) is 1. The average Bonchev–Trinajstić information content (AvgIpc) is 2.35. The van der Waals surface area contributed by atoms with Crippen LogP contribution in [0.3, 0.4) is 0 Å². The lowest BCUT2D eigenvalue weighted by Crippen LogP contribution is -2.32. The van der Waals surface area contributed by atoms with Crippen LogP contribution < -0.4 is 10.1 Å². The fourth-order valence-corrected chi connectivity index (χ4v) is 1.86. The van der Waals surface area contributed by atoms with Gasteiger partial charge in [-0.2, -0.15) is 0 Å². The van der Waals surface area contributed by atoms with Gasteiger partial charge in [0, 0.05) is 12.1 Å². The minimum atomic E-state index is 0.353. The molecule has 3 nitrogen and oxygen atoms in total. The molecule has 1 rings (SSSR count). The summed E-state index contributed by atoms with van der Waals surface area (Å²) in [5.74, 6) is 0.961. The van der Waals surface area contributed by atoms with Crippen molar-refractivity contribution < 1.29 is 4.74 Å². The first-order valence-electron chi connectivity index (χ1n) is 5.72. The number of hydrogen-bond acceptors (Lipinski definition) is 3. The first kappa shape index (κ1) is 13.0. The molecule has 1 N–H and O–H groups in total. The number of likely N-dealkylation sites (N-methyl/N-ethyl adjacent to an activating group) is 2. The van der Waals surface area contributed by atoms with Gasteiger partial charge in [-0.05, 0) is 26.7 Å². The SMILES string of the molecule is CCN(C)C(CNC)c1ccccc1OC. The lowest BCUT2D eigenvalue weighted by Gasteiger charge is -2.28. The lowest BCUT2D eigenvalue weighted by atomic mass is 10.0. The minimum absolute atomic E-state index is 0.353. The van der Waals surface area contributed by atoms with Crippen LogP contribution in [0.4, 0.5) is 0 Å². The van der Waals surface area contributed by atoms with Crippen LogP contribution >= 0.6 is 0 Å². The largest absolute Gasteiger partial charge is 0.496 e. The van der Waals surface area contributed by atoms with Crippen molar-refractivity contribution in [3.8, 4) is 5.75 Å². The minimum Gasteiger partial charge on any atom is -0.496 e. The molecule has 1 unspecified atom stereocenters. The molecule has 1 aromatic rings. The number of methoxy groups -OCH3 is 1. The molecule has 0 fully saturated rings. The Morgan fingerprint density at radius 2 is 2.06 bits per heavy atom. The zero-order chi connectivity index (χ0) is 12.0. The highest BCUT2D eigenvalue weighted by Crippen LogP contribution is 2.27. The summed E-state index contributed by atoms with van der Waals surface area (Å²) in [7, 11) is 5.83. The Labute approximate surface area is 98.4 Å². The number of benzene rings is 1. The molecule has 3 heteroatoms. The molecular weight excluding hydrogens is 200 g/mol. The summed E-state index contributed by atoms with van der Waals surface area (Å²) in [6.07, 6.45) is 0. The number of para-hydroxylation sites is 1. The van der Waals surface area contributed by atoms with Gasteiger partial charge in [-0.15, -0.1) is 0 Å². The van der Waals surface area contributed by atoms with Gasteiger partial charge in [0.25, 0.3) is 0 Å². The van der Waals surface area contributed by atoms with E-state index in [1.807, 2.05) is 19.2 Å². The van der Waals surface area contributed by atoms with Crippen LogP contribution in [-0.2, 0) is 0 Å². The maximum atomic E-state index is 5.41. The summed E-state index contributed by atoms with van der Waals surface area (Å²) < 4.78 is 5.41. The number of rotatable bonds is 6. The van der Waals surface area contributed by atoms with Gasteiger partial charge in [0.05, 0.1) is 13.2 Å². The van der Waals surface area contributed by atoms with Gasteiger partial charge < -0.3 is 10.1 Å². The normalized spacial score (nSPS) is 12.8. The Balaban J connectivity index is 2.99. The van der Waals surface area contributed by atoms with E-state index in [-0.39, 0.29) is 0 Å². The van der Waals surface area contributed by atoms with Crippen molar-refractivity contribution in [2.24, 2.45) is 0 Å². The van der Waals surface area contributed by atoms with Crippen LogP contribution in [0, 0.1) is 0 Å². The van der Waals surface area contributed by atoms with Gasteiger partial charge in [0.1, 0.15) is 5.75 Å². The Kier molecular flexibility index (Phi) is 5.29. The third-order valence-electron chi connectivity index (χ3n) is 2.93. The van der Waals surface area contributed by atoms with Gasteiger partial charge in [0.15, 0.2) is 0 Å². The second kappa shape index (κ2) is 6.51. The van der Waals surface area contributed by atoms with E-state index in [1.54, 1.807) is 7.11 Å². The topological polar surface area (TPSA) is 24.5 Å². The van der Waals surface area contributed by atoms with Gasteiger partial charge in [-0.25, -0.2) is 0 Å². The summed E-state index contributed by atoms with van der Waals surface area (Å²) in [5, 5.41) is 3.24. The van der Waals surface area contributed by atoms with E-state index in [2.05, 4.69) is 36.3 Å². The second-order valence-corrected chi connectivity index (χ2v) is 3.89. The maximum Gasteiger partial charge on any atom is 0.123 e. The predicted octanol–water partition coefficient (Wildman–Crippen LogP) is 1.91. The Morgan fingerprint density at radius 3 is 2.62 bits per heavy atom. The summed E-state index contributed by atoms with van der Waals surface area (Å²) in [4.78, 5) is 2.31. The molecular formula is C13H22N2O. The first-order chi connectivity index (χ1) is 7.74. The highest BCUT2D eigenvalue weighted by atomic mass is 16.5. The molecule has 0 heterocycles. The first-order valence-corrected chi connectivity index (χ1v) is 5.72. The molecule has 0 aromatic heterocycles. The summed E-state index contributed by atoms with van der Waals surface area (Å²) in [5.41, 5.74) is 1.24. The molecule has 0 spiro atoms. The van der Waals surface area contributed by atoms with Crippen molar-refractivity contribution in [2.75, 3.05) is 34.3 Å². The molecule has 0 saturated heterocycles. The molecule has 16 heavy (non-hydrogen) atoms. The fourth-order valence-electron chi connectivity index (χ4n) is 1.86. The summed E-state index contributed by atoms with van der Waals surface area (Å²) in [6, 6.07) is 8.56. The molecule has 0 amide bonds. The van der Waals surface area contributed by atoms with Crippen molar-refractivity contribution in [1.82, 2.24) is 10.2 Å². The summed E-state index contributed by atoms with van der Waals surface area (Å²) >= 11 is 0. The lowest BCUT2D eigenvalue weighted by molar-refractivity contribution is 0.247. The van der Waals surface area contributed by atoms with E-state index in [0.717, 1.165) is 18.8 Å². The maximum absolute atomic E-state index is 5.41. The van der Waals surface area contributed by atoms with E-state index < -0.39 is 0 Å². The molecule has 0 bridgehead atoms. The van der Waals surface area contributed by atoms with E-state index in [0.29, 0.717) is 6.04 Å². The van der Waals surface area contributed by atoms with Crippen LogP contribution in [0.15, 0.2) is 24.3 Å². The Morgan fingerprint density at radius 1 is 1.38 bits per heavy atom. The molecule has 1 aromatic carbocycles. The monoisotopic (exact) mass is 222 g/mol. The highest BCUT2D eigenvalue weighted by Gasteiger charge is 2.18. The molecule has 0 aliphatic rings. The van der Waals surface area contributed by atoms with Crippen molar-refractivity contribution in [1.29, 1.82) is 0 Å². The zero-order valence-corrected chi connectivity index (χ0v) is 10.7. The van der Waals surface area contributed by atoms with Gasteiger partial charge in [-0.1, -0.05) is 25.1 Å². The third kappa shape index (κ3) is 2.97. The Hall–Kier alpha value is -1.06. The van der Waals surface area contributed by atoms with Crippen LogP contribution in [0.1, 0.15) is 18.5 Å². The van der Waals surface area contributed by atoms with Gasteiger partial charge >= 0.3 is 0 Å². The predicted molar refractivity (Wildman–Crippen MR) is 68.0 cm³/mol. The average molecular weight is 222 g/mol. The molecule has 0 radical (unpaired) electrons. The van der Waals surface area contributed by atoms with Crippen molar-refractivity contribution in [3.63, 3.8) is 0 Å². The highest BCUT2D eigenvalue weighted by molar-refractivity contribution is 5.36. The zero-order valence-electron chi connectivity index (χ0n) is 10.7. The smallest absolute Gasteiger partial charge is 0.123 e. The third-order valence-corrected chi connectivity index (χ3v) is 2.93. The summed E-state index contributed by atoms with van der Waals surface area (Å²) in [6.45, 7) is 4.10. The van der Waals surface area contributed by atoms with Gasteiger partial charge in [-0.3, -0.25) is 4.90 Å². The van der Waals surface area contributed by atoms with E-state index in [4.69, 9.17) is 4.74 Å². The molecule has 0 aliphatic heterocycles. The molecule has 0 aliphatic carbocycles. The molecule has 1 atom stereocenters. The number of nitrogens with one attached hydrogen (secondary N) is 1. The standard InChI is InChI=1S/C13H22N2O/c1-5-15(3)12(10-14-2)11-8-6-7-9-13(11)16-4/h6-9,12,14H,5,10H2,1-4H3. The van der Waals surface area contributed by atoms with Crippen LogP contribution in [0.5, 0.6) is 5.75 Å². The van der Waals surface area contributed by atoms with Crippen molar-refractivity contribution in [2.45, 2.75) is 13.0 Å². The van der Waals surface area contributed by atoms with Crippen LogP contribution in [0.2, 0.25) is 0 Å². The quantitative estimate of drug-likeness (QED) is 0.795. The Bertz CT molecular complexity index is 315. The van der Waals surface area contributed by atoms with E-state index in [9.17, 15) is 0 Å². The molecule has 0 saturated carbocycles. The number of nitrogens with zero attached hydrogens (tertiary/aromatic N) is 1. The van der Waals surface area contributed by atoms with Crippen molar-refractivity contribution >= 4 is 0 Å². The van der Waals surface area contributed by atoms with E-state index >= 15 is 0 Å². The fraction of sp³-hybridized carbons (Fsp3) is 0.538. The molecule has 90 valence electrons. The van der Waals surface area contributed by atoms with Crippen LogP contribution in [-0.4, -0.2) is 39.2 Å². The van der Waals surface area contributed by atoms with Crippen molar-refractivity contribution in [3.05, 3.63) is 29.8 Å².